The number of halogens is 1. The summed E-state index contributed by atoms with van der Waals surface area (Å²) in [4.78, 5) is 26.9. The molecule has 1 aliphatic heterocycles. The Bertz CT molecular complexity index is 769. The van der Waals surface area contributed by atoms with Crippen molar-refractivity contribution in [3.8, 4) is 0 Å². The number of carbonyl (C=O) groups is 2. The lowest BCUT2D eigenvalue weighted by molar-refractivity contribution is 0.0908. The van der Waals surface area contributed by atoms with Gasteiger partial charge in [-0.2, -0.15) is 0 Å². The zero-order valence-corrected chi connectivity index (χ0v) is 13.2. The number of ketones is 1. The normalized spacial score (nSPS) is 17.3. The number of amides is 1. The average Bonchev–Trinajstić information content (AvgIpc) is 2.50. The SMILES string of the molecule is Cc1ccccc1C(=O)N1CC(C)C(=O)c2ccc(Cl)cc21. The number of hydrogen-bond acceptors (Lipinski definition) is 2. The van der Waals surface area contributed by atoms with E-state index in [2.05, 4.69) is 0 Å². The lowest BCUT2D eigenvalue weighted by atomic mass is 9.91. The smallest absolute Gasteiger partial charge is 0.258 e. The summed E-state index contributed by atoms with van der Waals surface area (Å²) in [7, 11) is 0. The number of rotatable bonds is 1. The Labute approximate surface area is 134 Å². The van der Waals surface area contributed by atoms with Crippen molar-refractivity contribution < 1.29 is 9.59 Å². The van der Waals surface area contributed by atoms with Crippen LogP contribution in [-0.2, 0) is 0 Å². The molecule has 0 bridgehead atoms. The molecule has 1 amide bonds. The second kappa shape index (κ2) is 5.58. The van der Waals surface area contributed by atoms with Crippen molar-refractivity contribution in [2.45, 2.75) is 13.8 Å². The number of benzene rings is 2. The van der Waals surface area contributed by atoms with E-state index >= 15 is 0 Å². The first-order valence-electron chi connectivity index (χ1n) is 7.20. The molecular weight excluding hydrogens is 298 g/mol. The highest BCUT2D eigenvalue weighted by atomic mass is 35.5. The summed E-state index contributed by atoms with van der Waals surface area (Å²) in [5.41, 5.74) is 2.73. The van der Waals surface area contributed by atoms with Gasteiger partial charge in [0, 0.05) is 28.6 Å². The standard InChI is InChI=1S/C18H16ClNO2/c1-11-5-3-4-6-14(11)18(22)20-10-12(2)17(21)15-8-7-13(19)9-16(15)20/h3-9,12H,10H2,1-2H3. The Morgan fingerprint density at radius 2 is 1.95 bits per heavy atom. The van der Waals surface area contributed by atoms with Crippen LogP contribution in [0.4, 0.5) is 5.69 Å². The summed E-state index contributed by atoms with van der Waals surface area (Å²) in [5.74, 6) is -0.261. The zero-order valence-electron chi connectivity index (χ0n) is 12.5. The van der Waals surface area contributed by atoms with E-state index in [4.69, 9.17) is 11.6 Å². The van der Waals surface area contributed by atoms with Gasteiger partial charge in [0.2, 0.25) is 0 Å². The van der Waals surface area contributed by atoms with Gasteiger partial charge in [-0.15, -0.1) is 0 Å². The summed E-state index contributed by atoms with van der Waals surface area (Å²) in [6.07, 6.45) is 0. The molecule has 3 rings (SSSR count). The molecule has 3 nitrogen and oxygen atoms in total. The third-order valence-electron chi connectivity index (χ3n) is 4.04. The fraction of sp³-hybridized carbons (Fsp3) is 0.222. The van der Waals surface area contributed by atoms with Gasteiger partial charge in [-0.3, -0.25) is 9.59 Å². The molecule has 22 heavy (non-hydrogen) atoms. The summed E-state index contributed by atoms with van der Waals surface area (Å²) < 4.78 is 0. The van der Waals surface area contributed by atoms with Crippen LogP contribution in [0.2, 0.25) is 5.02 Å². The van der Waals surface area contributed by atoms with Gasteiger partial charge in [-0.25, -0.2) is 0 Å². The molecule has 1 aliphatic rings. The molecule has 0 fully saturated rings. The van der Waals surface area contributed by atoms with Gasteiger partial charge in [0.15, 0.2) is 5.78 Å². The van der Waals surface area contributed by atoms with Gasteiger partial charge in [-0.1, -0.05) is 36.7 Å². The second-order valence-corrected chi connectivity index (χ2v) is 6.09. The number of fused-ring (bicyclic) bond motifs is 1. The van der Waals surface area contributed by atoms with Crippen molar-refractivity contribution in [1.82, 2.24) is 0 Å². The predicted molar refractivity (Wildman–Crippen MR) is 87.8 cm³/mol. The van der Waals surface area contributed by atoms with Crippen LogP contribution in [0.3, 0.4) is 0 Å². The maximum atomic E-state index is 12.9. The molecule has 1 heterocycles. The van der Waals surface area contributed by atoms with Crippen molar-refractivity contribution in [3.05, 3.63) is 64.2 Å². The fourth-order valence-electron chi connectivity index (χ4n) is 2.81. The Hall–Kier alpha value is -2.13. The minimum atomic E-state index is -0.221. The Morgan fingerprint density at radius 3 is 2.68 bits per heavy atom. The van der Waals surface area contributed by atoms with E-state index in [0.717, 1.165) is 5.56 Å². The van der Waals surface area contributed by atoms with Crippen molar-refractivity contribution >= 4 is 29.0 Å². The Balaban J connectivity index is 2.10. The predicted octanol–water partition coefficient (Wildman–Crippen LogP) is 4.13. The summed E-state index contributed by atoms with van der Waals surface area (Å²) in [5, 5.41) is 0.517. The summed E-state index contributed by atoms with van der Waals surface area (Å²) >= 11 is 6.06. The van der Waals surface area contributed by atoms with Crippen LogP contribution in [0.1, 0.15) is 33.2 Å². The van der Waals surface area contributed by atoms with E-state index in [1.54, 1.807) is 23.1 Å². The van der Waals surface area contributed by atoms with E-state index < -0.39 is 0 Å². The van der Waals surface area contributed by atoms with Gasteiger partial charge >= 0.3 is 0 Å². The molecule has 112 valence electrons. The molecule has 0 aliphatic carbocycles. The molecule has 1 unspecified atom stereocenters. The highest BCUT2D eigenvalue weighted by Gasteiger charge is 2.33. The number of hydrogen-bond donors (Lipinski definition) is 0. The number of Topliss-reactive ketones (excluding diaryl/α,β-unsaturated/α-hetero) is 1. The molecule has 1 atom stereocenters. The van der Waals surface area contributed by atoms with E-state index in [0.29, 0.717) is 28.4 Å². The van der Waals surface area contributed by atoms with Gasteiger partial charge in [0.05, 0.1) is 5.69 Å². The minimum Gasteiger partial charge on any atom is -0.307 e. The highest BCUT2D eigenvalue weighted by molar-refractivity contribution is 6.31. The first kappa shape index (κ1) is 14.8. The van der Waals surface area contributed by atoms with Crippen molar-refractivity contribution in [2.75, 3.05) is 11.4 Å². The third kappa shape index (κ3) is 2.42. The molecule has 2 aromatic rings. The van der Waals surface area contributed by atoms with Crippen LogP contribution < -0.4 is 4.90 Å². The molecule has 0 aromatic heterocycles. The molecule has 0 spiro atoms. The molecule has 0 saturated heterocycles. The highest BCUT2D eigenvalue weighted by Crippen LogP contribution is 2.33. The first-order valence-corrected chi connectivity index (χ1v) is 7.58. The Morgan fingerprint density at radius 1 is 1.23 bits per heavy atom. The summed E-state index contributed by atoms with van der Waals surface area (Å²) in [6, 6.07) is 12.5. The van der Waals surface area contributed by atoms with Gasteiger partial charge in [-0.05, 0) is 36.8 Å². The number of carbonyl (C=O) groups excluding carboxylic acids is 2. The van der Waals surface area contributed by atoms with Gasteiger partial charge < -0.3 is 4.90 Å². The number of anilines is 1. The van der Waals surface area contributed by atoms with E-state index in [1.807, 2.05) is 38.1 Å². The van der Waals surface area contributed by atoms with Crippen LogP contribution in [-0.4, -0.2) is 18.2 Å². The molecule has 0 saturated carbocycles. The van der Waals surface area contributed by atoms with Crippen LogP contribution in [0.5, 0.6) is 0 Å². The minimum absolute atomic E-state index is 0.0560. The maximum absolute atomic E-state index is 12.9. The monoisotopic (exact) mass is 313 g/mol. The van der Waals surface area contributed by atoms with E-state index in [9.17, 15) is 9.59 Å². The zero-order chi connectivity index (χ0) is 15.9. The molecule has 2 aromatic carbocycles. The lowest BCUT2D eigenvalue weighted by Crippen LogP contribution is -2.42. The van der Waals surface area contributed by atoms with Crippen LogP contribution in [0, 0.1) is 12.8 Å². The topological polar surface area (TPSA) is 37.4 Å². The van der Waals surface area contributed by atoms with Crippen LogP contribution in [0.25, 0.3) is 0 Å². The van der Waals surface area contributed by atoms with Crippen molar-refractivity contribution in [2.24, 2.45) is 5.92 Å². The average molecular weight is 314 g/mol. The maximum Gasteiger partial charge on any atom is 0.258 e. The number of nitrogens with zero attached hydrogens (tertiary/aromatic N) is 1. The molecule has 4 heteroatoms. The first-order chi connectivity index (χ1) is 10.5. The fourth-order valence-corrected chi connectivity index (χ4v) is 2.97. The summed E-state index contributed by atoms with van der Waals surface area (Å²) in [6.45, 7) is 4.13. The van der Waals surface area contributed by atoms with Crippen molar-refractivity contribution in [3.63, 3.8) is 0 Å². The van der Waals surface area contributed by atoms with Crippen LogP contribution >= 0.6 is 11.6 Å². The second-order valence-electron chi connectivity index (χ2n) is 5.66. The molecule has 0 radical (unpaired) electrons. The van der Waals surface area contributed by atoms with E-state index in [-0.39, 0.29) is 17.6 Å². The van der Waals surface area contributed by atoms with Crippen molar-refractivity contribution in [1.29, 1.82) is 0 Å². The quantitative estimate of drug-likeness (QED) is 0.794. The molecular formula is C18H16ClNO2. The third-order valence-corrected chi connectivity index (χ3v) is 4.28. The Kier molecular flexibility index (Phi) is 3.75. The number of aryl methyl sites for hydroxylation is 1. The molecule has 0 N–H and O–H groups in total. The van der Waals surface area contributed by atoms with Crippen LogP contribution in [0.15, 0.2) is 42.5 Å². The van der Waals surface area contributed by atoms with Gasteiger partial charge in [0.1, 0.15) is 0 Å². The van der Waals surface area contributed by atoms with Gasteiger partial charge in [0.25, 0.3) is 5.91 Å². The lowest BCUT2D eigenvalue weighted by Gasteiger charge is -2.32. The largest absolute Gasteiger partial charge is 0.307 e. The van der Waals surface area contributed by atoms with E-state index in [1.165, 1.54) is 0 Å².